The van der Waals surface area contributed by atoms with Gasteiger partial charge >= 0.3 is 12.4 Å². The third-order valence-corrected chi connectivity index (χ3v) is 6.23. The van der Waals surface area contributed by atoms with Gasteiger partial charge in [0, 0.05) is 30.6 Å². The minimum atomic E-state index is -4.79. The predicted molar refractivity (Wildman–Crippen MR) is 124 cm³/mol. The number of nitrogens with zero attached hydrogens (tertiary/aromatic N) is 3. The van der Waals surface area contributed by atoms with Gasteiger partial charge in [-0.25, -0.2) is 4.39 Å². The van der Waals surface area contributed by atoms with Crippen molar-refractivity contribution in [1.29, 1.82) is 0 Å². The summed E-state index contributed by atoms with van der Waals surface area (Å²) in [6, 6.07) is 8.22. The molecule has 3 heterocycles. The van der Waals surface area contributed by atoms with Gasteiger partial charge in [0.05, 0.1) is 24.8 Å². The number of halogens is 4. The fourth-order valence-corrected chi connectivity index (χ4v) is 4.40. The van der Waals surface area contributed by atoms with Gasteiger partial charge in [-0.15, -0.1) is 18.3 Å². The second kappa shape index (κ2) is 9.84. The van der Waals surface area contributed by atoms with Crippen molar-refractivity contribution in [1.82, 2.24) is 15.5 Å². The highest BCUT2D eigenvalue weighted by Gasteiger charge is 2.35. The van der Waals surface area contributed by atoms with Gasteiger partial charge in [0.25, 0.3) is 0 Å². The van der Waals surface area contributed by atoms with Crippen LogP contribution in [-0.4, -0.2) is 54.6 Å². The Balaban J connectivity index is 1.21. The van der Waals surface area contributed by atoms with Gasteiger partial charge in [-0.2, -0.15) is 0 Å². The standard InChI is InChI=1S/C24H21F4N5O5/c1-36-20-17(8-6-15(19(20)25)16-7-9-18(34)30-21(16)35)33-10-13(11-33)29-23-32-31-22(37-23)12-2-4-14(5-3-12)38-24(26,27)28/h2-6,8,13,16H,7,9-11H2,1H3,(H,29,32)(H,30,34,35). The van der Waals surface area contributed by atoms with Gasteiger partial charge in [-0.05, 0) is 36.8 Å². The molecule has 2 amide bonds. The van der Waals surface area contributed by atoms with E-state index in [2.05, 4.69) is 25.6 Å². The molecule has 3 aromatic rings. The summed E-state index contributed by atoms with van der Waals surface area (Å²) in [5.41, 5.74) is 1.08. The van der Waals surface area contributed by atoms with E-state index in [0.29, 0.717) is 24.3 Å². The van der Waals surface area contributed by atoms with Crippen molar-refractivity contribution in [3.63, 3.8) is 0 Å². The number of aromatic nitrogens is 2. The largest absolute Gasteiger partial charge is 0.573 e. The average molecular weight is 535 g/mol. The zero-order valence-electron chi connectivity index (χ0n) is 19.8. The van der Waals surface area contributed by atoms with Gasteiger partial charge in [0.15, 0.2) is 11.6 Å². The van der Waals surface area contributed by atoms with Crippen LogP contribution < -0.4 is 25.0 Å². The van der Waals surface area contributed by atoms with E-state index >= 15 is 4.39 Å². The topological polar surface area (TPSA) is 119 Å². The van der Waals surface area contributed by atoms with E-state index in [1.807, 2.05) is 4.90 Å². The number of carbonyl (C=O) groups excluding carboxylic acids is 2. The molecule has 2 aliphatic heterocycles. The molecule has 1 aromatic heterocycles. The van der Waals surface area contributed by atoms with Crippen LogP contribution in [0.25, 0.3) is 11.5 Å². The lowest BCUT2D eigenvalue weighted by Crippen LogP contribution is -2.55. The Hall–Kier alpha value is -4.36. The summed E-state index contributed by atoms with van der Waals surface area (Å²) in [5.74, 6) is -2.60. The normalized spacial score (nSPS) is 18.1. The molecule has 1 unspecified atom stereocenters. The number of anilines is 2. The average Bonchev–Trinajstić information content (AvgIpc) is 3.30. The number of ether oxygens (including phenoxy) is 2. The summed E-state index contributed by atoms with van der Waals surface area (Å²) in [5, 5.41) is 13.1. The van der Waals surface area contributed by atoms with Gasteiger partial charge in [0.1, 0.15) is 5.75 Å². The molecule has 5 rings (SSSR count). The van der Waals surface area contributed by atoms with E-state index < -0.39 is 24.0 Å². The molecule has 2 N–H and O–H groups in total. The first-order valence-electron chi connectivity index (χ1n) is 11.5. The summed E-state index contributed by atoms with van der Waals surface area (Å²) >= 11 is 0. The molecule has 200 valence electrons. The Kier molecular flexibility index (Phi) is 6.55. The van der Waals surface area contributed by atoms with Crippen LogP contribution in [0.3, 0.4) is 0 Å². The second-order valence-electron chi connectivity index (χ2n) is 8.76. The Morgan fingerprint density at radius 1 is 1.11 bits per heavy atom. The number of rotatable bonds is 7. The first-order valence-corrected chi connectivity index (χ1v) is 11.5. The summed E-state index contributed by atoms with van der Waals surface area (Å²) in [4.78, 5) is 25.5. The molecule has 0 radical (unpaired) electrons. The van der Waals surface area contributed by atoms with Crippen molar-refractivity contribution in [2.75, 3.05) is 30.4 Å². The van der Waals surface area contributed by atoms with Gasteiger partial charge < -0.3 is 24.1 Å². The van der Waals surface area contributed by atoms with Crippen LogP contribution in [0.15, 0.2) is 40.8 Å². The summed E-state index contributed by atoms with van der Waals surface area (Å²) in [6.45, 7) is 0.906. The first kappa shape index (κ1) is 25.3. The van der Waals surface area contributed by atoms with Gasteiger partial charge in [-0.1, -0.05) is 11.2 Å². The number of alkyl halides is 3. The maximum atomic E-state index is 15.3. The zero-order chi connectivity index (χ0) is 27.0. The minimum absolute atomic E-state index is 0.00340. The molecule has 0 spiro atoms. The Morgan fingerprint density at radius 3 is 2.50 bits per heavy atom. The summed E-state index contributed by atoms with van der Waals surface area (Å²) in [6.07, 6.45) is -4.43. The summed E-state index contributed by atoms with van der Waals surface area (Å²) < 4.78 is 67.0. The highest BCUT2D eigenvalue weighted by molar-refractivity contribution is 6.01. The first-order chi connectivity index (χ1) is 18.1. The van der Waals surface area contributed by atoms with Gasteiger partial charge in [-0.3, -0.25) is 14.9 Å². The van der Waals surface area contributed by atoms with Crippen molar-refractivity contribution in [3.05, 3.63) is 47.8 Å². The van der Waals surface area contributed by atoms with E-state index in [0.717, 1.165) is 12.1 Å². The van der Waals surface area contributed by atoms with Crippen LogP contribution in [0, 0.1) is 5.82 Å². The third-order valence-electron chi connectivity index (χ3n) is 6.23. The van der Waals surface area contributed by atoms with Gasteiger partial charge in [0.2, 0.25) is 17.7 Å². The van der Waals surface area contributed by atoms with E-state index in [4.69, 9.17) is 9.15 Å². The Labute approximate surface area is 212 Å². The maximum absolute atomic E-state index is 15.3. The van der Waals surface area contributed by atoms with Crippen molar-refractivity contribution in [2.45, 2.75) is 31.2 Å². The van der Waals surface area contributed by atoms with E-state index in [9.17, 15) is 22.8 Å². The predicted octanol–water partition coefficient (Wildman–Crippen LogP) is 3.60. The summed E-state index contributed by atoms with van der Waals surface area (Å²) in [7, 11) is 1.34. The number of hydrogen-bond acceptors (Lipinski definition) is 9. The lowest BCUT2D eigenvalue weighted by molar-refractivity contribution is -0.274. The SMILES string of the molecule is COc1c(N2CC(Nc3nnc(-c4ccc(OC(F)(F)F)cc4)o3)C2)ccc(C2CCC(=O)NC2=O)c1F. The molecule has 0 bridgehead atoms. The molecule has 2 fully saturated rings. The van der Waals surface area contributed by atoms with Crippen LogP contribution in [0.1, 0.15) is 24.3 Å². The maximum Gasteiger partial charge on any atom is 0.573 e. The lowest BCUT2D eigenvalue weighted by atomic mass is 9.89. The smallest absolute Gasteiger partial charge is 0.492 e. The van der Waals surface area contributed by atoms with E-state index in [1.165, 1.54) is 25.3 Å². The number of methoxy groups -OCH3 is 1. The molecule has 0 aliphatic carbocycles. The molecular weight excluding hydrogens is 514 g/mol. The number of carbonyl (C=O) groups is 2. The second-order valence-corrected chi connectivity index (χ2v) is 8.76. The number of piperidine rings is 1. The van der Waals surface area contributed by atoms with Crippen molar-refractivity contribution >= 4 is 23.5 Å². The van der Waals surface area contributed by atoms with E-state index in [1.54, 1.807) is 6.07 Å². The number of benzene rings is 2. The highest BCUT2D eigenvalue weighted by atomic mass is 19.4. The molecule has 2 saturated heterocycles. The van der Waals surface area contributed by atoms with Crippen molar-refractivity contribution < 1.29 is 41.0 Å². The van der Waals surface area contributed by atoms with Crippen LogP contribution in [-0.2, 0) is 9.59 Å². The molecule has 2 aromatic carbocycles. The fourth-order valence-electron chi connectivity index (χ4n) is 4.40. The number of imide groups is 1. The number of hydrogen-bond donors (Lipinski definition) is 2. The molecule has 0 saturated carbocycles. The monoisotopic (exact) mass is 535 g/mol. The lowest BCUT2D eigenvalue weighted by Gasteiger charge is -2.41. The van der Waals surface area contributed by atoms with Crippen molar-refractivity contribution in [2.24, 2.45) is 0 Å². The Morgan fingerprint density at radius 2 is 1.84 bits per heavy atom. The number of nitrogens with one attached hydrogen (secondary N) is 2. The minimum Gasteiger partial charge on any atom is -0.492 e. The van der Waals surface area contributed by atoms with E-state index in [-0.39, 0.29) is 53.8 Å². The Bertz CT molecular complexity index is 1360. The number of amides is 2. The van der Waals surface area contributed by atoms with Crippen LogP contribution >= 0.6 is 0 Å². The molecule has 1 atom stereocenters. The molecule has 14 heteroatoms. The van der Waals surface area contributed by atoms with Crippen LogP contribution in [0.4, 0.5) is 29.3 Å². The van der Waals surface area contributed by atoms with Crippen LogP contribution in [0.2, 0.25) is 0 Å². The molecule has 10 nitrogen and oxygen atoms in total. The van der Waals surface area contributed by atoms with Crippen LogP contribution in [0.5, 0.6) is 11.5 Å². The highest BCUT2D eigenvalue weighted by Crippen LogP contribution is 2.39. The molecular formula is C24H21F4N5O5. The fraction of sp³-hybridized carbons (Fsp3) is 0.333. The van der Waals surface area contributed by atoms with Crippen molar-refractivity contribution in [3.8, 4) is 23.0 Å². The quantitative estimate of drug-likeness (QED) is 0.346. The molecule has 2 aliphatic rings. The zero-order valence-corrected chi connectivity index (χ0v) is 19.8. The third kappa shape index (κ3) is 5.19. The molecule has 38 heavy (non-hydrogen) atoms.